The average molecular weight is 436 g/mol. The SMILES string of the molecule is O=C(O)CC1SC(=NN=Cc2cccc(OCc3ccc(Cl)c(F)c3)c2)NC1=O. The minimum Gasteiger partial charge on any atom is -0.489 e. The first kappa shape index (κ1) is 20.8. The second-order valence-corrected chi connectivity index (χ2v) is 7.55. The van der Waals surface area contributed by atoms with E-state index >= 15 is 0 Å². The van der Waals surface area contributed by atoms with Crippen LogP contribution in [0, 0.1) is 5.82 Å². The van der Waals surface area contributed by atoms with Gasteiger partial charge in [0.15, 0.2) is 5.17 Å². The minimum absolute atomic E-state index is 0.0551. The Morgan fingerprint density at radius 3 is 2.93 bits per heavy atom. The average Bonchev–Trinajstić information content (AvgIpc) is 3.02. The highest BCUT2D eigenvalue weighted by Gasteiger charge is 2.32. The van der Waals surface area contributed by atoms with Gasteiger partial charge in [-0.1, -0.05) is 41.6 Å². The fourth-order valence-corrected chi connectivity index (χ4v) is 3.41. The first-order chi connectivity index (χ1) is 13.9. The number of nitrogens with zero attached hydrogens (tertiary/aromatic N) is 2. The number of thioether (sulfide) groups is 1. The van der Waals surface area contributed by atoms with E-state index in [1.807, 2.05) is 0 Å². The molecule has 1 atom stereocenters. The fraction of sp³-hybridized carbons (Fsp3) is 0.158. The molecule has 150 valence electrons. The van der Waals surface area contributed by atoms with Gasteiger partial charge in [-0.05, 0) is 35.4 Å². The Bertz CT molecular complexity index is 999. The van der Waals surface area contributed by atoms with Crippen LogP contribution in [0.5, 0.6) is 5.75 Å². The van der Waals surface area contributed by atoms with Crippen LogP contribution in [0.1, 0.15) is 17.5 Å². The van der Waals surface area contributed by atoms with Gasteiger partial charge in [0.05, 0.1) is 17.7 Å². The standard InChI is InChI=1S/C19H15ClFN3O4S/c20-14-5-4-12(7-15(14)21)10-28-13-3-1-2-11(6-13)9-22-24-19-23-18(27)16(29-19)8-17(25)26/h1-7,9,16H,8,10H2,(H,25,26)(H,23,24,27). The van der Waals surface area contributed by atoms with Crippen LogP contribution < -0.4 is 10.1 Å². The maximum absolute atomic E-state index is 13.5. The predicted octanol–water partition coefficient (Wildman–Crippen LogP) is 3.45. The molecule has 1 aliphatic heterocycles. The lowest BCUT2D eigenvalue weighted by Gasteiger charge is -2.07. The van der Waals surface area contributed by atoms with Gasteiger partial charge in [-0.15, -0.1) is 5.10 Å². The Labute approximate surface area is 174 Å². The molecule has 2 N–H and O–H groups in total. The first-order valence-electron chi connectivity index (χ1n) is 8.38. The van der Waals surface area contributed by atoms with Crippen molar-refractivity contribution in [3.8, 4) is 5.75 Å². The molecule has 0 aliphatic carbocycles. The molecule has 0 aromatic heterocycles. The number of rotatable bonds is 7. The molecular formula is C19H15ClFN3O4S. The summed E-state index contributed by atoms with van der Waals surface area (Å²) in [5.41, 5.74) is 1.34. The van der Waals surface area contributed by atoms with Gasteiger partial charge in [-0.2, -0.15) is 5.10 Å². The number of carbonyl (C=O) groups is 2. The summed E-state index contributed by atoms with van der Waals surface area (Å²) < 4.78 is 19.1. The third-order valence-electron chi connectivity index (χ3n) is 3.74. The lowest BCUT2D eigenvalue weighted by Crippen LogP contribution is -2.26. The molecule has 0 bridgehead atoms. The largest absolute Gasteiger partial charge is 0.489 e. The molecule has 10 heteroatoms. The number of ether oxygens (including phenoxy) is 1. The van der Waals surface area contributed by atoms with Crippen LogP contribution in [0.15, 0.2) is 52.7 Å². The van der Waals surface area contributed by atoms with Crippen LogP contribution in [0.4, 0.5) is 4.39 Å². The molecule has 29 heavy (non-hydrogen) atoms. The third kappa shape index (κ3) is 6.03. The monoisotopic (exact) mass is 435 g/mol. The highest BCUT2D eigenvalue weighted by Crippen LogP contribution is 2.22. The van der Waals surface area contributed by atoms with Crippen molar-refractivity contribution in [1.29, 1.82) is 0 Å². The lowest BCUT2D eigenvalue weighted by atomic mass is 10.2. The van der Waals surface area contributed by atoms with Crippen molar-refractivity contribution in [2.24, 2.45) is 10.2 Å². The molecule has 3 rings (SSSR count). The van der Waals surface area contributed by atoms with Crippen LogP contribution in [0.2, 0.25) is 5.02 Å². The molecule has 1 heterocycles. The van der Waals surface area contributed by atoms with E-state index in [1.165, 1.54) is 18.3 Å². The van der Waals surface area contributed by atoms with E-state index in [1.54, 1.807) is 30.3 Å². The van der Waals surface area contributed by atoms with E-state index in [-0.39, 0.29) is 23.2 Å². The van der Waals surface area contributed by atoms with Crippen molar-refractivity contribution in [2.75, 3.05) is 0 Å². The summed E-state index contributed by atoms with van der Waals surface area (Å²) in [6, 6.07) is 11.5. The van der Waals surface area contributed by atoms with E-state index in [0.717, 1.165) is 11.8 Å². The normalized spacial score (nSPS) is 17.7. The summed E-state index contributed by atoms with van der Waals surface area (Å²) in [4.78, 5) is 22.4. The van der Waals surface area contributed by atoms with E-state index < -0.39 is 22.9 Å². The topological polar surface area (TPSA) is 100 Å². The zero-order chi connectivity index (χ0) is 20.8. The smallest absolute Gasteiger partial charge is 0.305 e. The summed E-state index contributed by atoms with van der Waals surface area (Å²) in [6.45, 7) is 0.171. The second kappa shape index (κ2) is 9.53. The molecule has 1 aliphatic rings. The van der Waals surface area contributed by atoms with Gasteiger partial charge in [0.1, 0.15) is 23.4 Å². The Morgan fingerprint density at radius 2 is 2.17 bits per heavy atom. The summed E-state index contributed by atoms with van der Waals surface area (Å²) in [6.07, 6.45) is 1.19. The fourth-order valence-electron chi connectivity index (χ4n) is 2.37. The third-order valence-corrected chi connectivity index (χ3v) is 5.12. The molecule has 0 saturated carbocycles. The molecule has 2 aromatic carbocycles. The number of halogens is 2. The number of amidine groups is 1. The predicted molar refractivity (Wildman–Crippen MR) is 109 cm³/mol. The summed E-state index contributed by atoms with van der Waals surface area (Å²) in [5.74, 6) is -1.40. The maximum atomic E-state index is 13.5. The molecule has 0 spiro atoms. The highest BCUT2D eigenvalue weighted by molar-refractivity contribution is 8.15. The van der Waals surface area contributed by atoms with Crippen LogP contribution in [-0.2, 0) is 16.2 Å². The van der Waals surface area contributed by atoms with Crippen molar-refractivity contribution in [2.45, 2.75) is 18.3 Å². The van der Waals surface area contributed by atoms with Gasteiger partial charge in [0.25, 0.3) is 0 Å². The number of carboxylic acid groups (broad SMARTS) is 1. The lowest BCUT2D eigenvalue weighted by molar-refractivity contribution is -0.138. The minimum atomic E-state index is -1.06. The molecule has 2 aromatic rings. The van der Waals surface area contributed by atoms with E-state index in [9.17, 15) is 14.0 Å². The molecular weight excluding hydrogens is 421 g/mol. The number of aliphatic carboxylic acids is 1. The van der Waals surface area contributed by atoms with Gasteiger partial charge < -0.3 is 15.2 Å². The Hall–Kier alpha value is -2.91. The Morgan fingerprint density at radius 1 is 1.34 bits per heavy atom. The number of hydrogen-bond donors (Lipinski definition) is 2. The Kier molecular flexibility index (Phi) is 6.84. The number of carbonyl (C=O) groups excluding carboxylic acids is 1. The highest BCUT2D eigenvalue weighted by atomic mass is 35.5. The summed E-state index contributed by atoms with van der Waals surface area (Å²) in [5, 5.41) is 18.7. The molecule has 1 saturated heterocycles. The van der Waals surface area contributed by atoms with Gasteiger partial charge in [0, 0.05) is 0 Å². The van der Waals surface area contributed by atoms with Crippen LogP contribution >= 0.6 is 23.4 Å². The number of benzene rings is 2. The summed E-state index contributed by atoms with van der Waals surface area (Å²) >= 11 is 6.68. The number of nitrogens with one attached hydrogen (secondary N) is 1. The zero-order valence-electron chi connectivity index (χ0n) is 14.8. The van der Waals surface area contributed by atoms with Gasteiger partial charge in [-0.25, -0.2) is 4.39 Å². The summed E-state index contributed by atoms with van der Waals surface area (Å²) in [7, 11) is 0. The number of hydrogen-bond acceptors (Lipinski definition) is 6. The number of amides is 1. The second-order valence-electron chi connectivity index (χ2n) is 5.95. The number of carboxylic acids is 1. The van der Waals surface area contributed by atoms with Crippen molar-refractivity contribution in [3.05, 3.63) is 64.4 Å². The van der Waals surface area contributed by atoms with Crippen molar-refractivity contribution >= 4 is 46.6 Å². The van der Waals surface area contributed by atoms with Gasteiger partial charge in [0.2, 0.25) is 5.91 Å². The van der Waals surface area contributed by atoms with Crippen LogP contribution in [0.3, 0.4) is 0 Å². The van der Waals surface area contributed by atoms with Crippen LogP contribution in [-0.4, -0.2) is 33.6 Å². The quantitative estimate of drug-likeness (QED) is 0.512. The first-order valence-corrected chi connectivity index (χ1v) is 9.63. The van der Waals surface area contributed by atoms with Crippen molar-refractivity contribution in [3.63, 3.8) is 0 Å². The van der Waals surface area contributed by atoms with Crippen molar-refractivity contribution in [1.82, 2.24) is 5.32 Å². The Balaban J connectivity index is 1.58. The zero-order valence-corrected chi connectivity index (χ0v) is 16.4. The van der Waals surface area contributed by atoms with E-state index in [4.69, 9.17) is 21.4 Å². The van der Waals surface area contributed by atoms with Crippen molar-refractivity contribution < 1.29 is 23.8 Å². The molecule has 7 nitrogen and oxygen atoms in total. The molecule has 0 radical (unpaired) electrons. The maximum Gasteiger partial charge on any atom is 0.305 e. The van der Waals surface area contributed by atoms with E-state index in [0.29, 0.717) is 16.9 Å². The van der Waals surface area contributed by atoms with Gasteiger partial charge in [-0.3, -0.25) is 9.59 Å². The molecule has 1 amide bonds. The molecule has 1 fully saturated rings. The molecule has 1 unspecified atom stereocenters. The van der Waals surface area contributed by atoms with Crippen LogP contribution in [0.25, 0.3) is 0 Å². The van der Waals surface area contributed by atoms with Gasteiger partial charge >= 0.3 is 5.97 Å². The van der Waals surface area contributed by atoms with E-state index in [2.05, 4.69) is 15.5 Å².